The second-order valence-corrected chi connectivity index (χ2v) is 10.1. The summed E-state index contributed by atoms with van der Waals surface area (Å²) in [4.78, 5) is 17.6. The molecule has 1 amide bonds. The summed E-state index contributed by atoms with van der Waals surface area (Å²) in [7, 11) is 1.98. The van der Waals surface area contributed by atoms with Gasteiger partial charge in [0.2, 0.25) is 5.91 Å². The number of nitrogens with zero attached hydrogens (tertiary/aromatic N) is 2. The summed E-state index contributed by atoms with van der Waals surface area (Å²) in [5.41, 5.74) is 1.85. The van der Waals surface area contributed by atoms with Gasteiger partial charge in [-0.15, -0.1) is 0 Å². The highest BCUT2D eigenvalue weighted by Crippen LogP contribution is 2.40. The molecule has 0 aromatic heterocycles. The van der Waals surface area contributed by atoms with E-state index in [-0.39, 0.29) is 11.8 Å². The number of fused-ring (bicyclic) bond motifs is 2. The highest BCUT2D eigenvalue weighted by molar-refractivity contribution is 6.32. The SMILES string of the molecule is CC(C)CN(Cc1cc(Cl)c2c(c1)OCCCO2)C(=O)C(C)CN(C)c1cccc2c1OCCO2. The van der Waals surface area contributed by atoms with Crippen LogP contribution in [-0.2, 0) is 11.3 Å². The maximum atomic E-state index is 13.6. The van der Waals surface area contributed by atoms with Gasteiger partial charge >= 0.3 is 0 Å². The van der Waals surface area contributed by atoms with Gasteiger partial charge in [-0.3, -0.25) is 4.79 Å². The fourth-order valence-corrected chi connectivity index (χ4v) is 4.81. The first-order valence-electron chi connectivity index (χ1n) is 12.3. The van der Waals surface area contributed by atoms with Gasteiger partial charge in [0, 0.05) is 33.1 Å². The normalized spacial score (nSPS) is 15.4. The molecular weight excluding hydrogens is 468 g/mol. The number of anilines is 1. The first-order valence-corrected chi connectivity index (χ1v) is 12.7. The van der Waals surface area contributed by atoms with E-state index in [1.54, 1.807) is 0 Å². The Balaban J connectivity index is 1.49. The number of para-hydroxylation sites is 1. The van der Waals surface area contributed by atoms with Crippen LogP contribution in [0, 0.1) is 11.8 Å². The standard InChI is InChI=1S/C27H35ClN2O5/c1-18(2)15-30(17-20-13-21(28)25-24(14-20)32-9-6-10-34-25)27(31)19(3)16-29(4)22-7-5-8-23-26(22)35-12-11-33-23/h5,7-8,13-14,18-19H,6,9-12,15-17H2,1-4H3. The Hall–Kier alpha value is -2.80. The second-order valence-electron chi connectivity index (χ2n) is 9.65. The summed E-state index contributed by atoms with van der Waals surface area (Å²) in [6, 6.07) is 9.67. The average molecular weight is 503 g/mol. The first kappa shape index (κ1) is 25.3. The van der Waals surface area contributed by atoms with E-state index in [9.17, 15) is 4.79 Å². The lowest BCUT2D eigenvalue weighted by Gasteiger charge is -2.31. The fraction of sp³-hybridized carbons (Fsp3) is 0.519. The maximum Gasteiger partial charge on any atom is 0.227 e. The van der Waals surface area contributed by atoms with Crippen molar-refractivity contribution in [2.45, 2.75) is 33.7 Å². The van der Waals surface area contributed by atoms with Gasteiger partial charge in [0.15, 0.2) is 23.0 Å². The van der Waals surface area contributed by atoms with E-state index in [0.29, 0.717) is 68.5 Å². The van der Waals surface area contributed by atoms with E-state index in [1.807, 2.05) is 49.2 Å². The van der Waals surface area contributed by atoms with Crippen molar-refractivity contribution >= 4 is 23.2 Å². The van der Waals surface area contributed by atoms with E-state index in [1.165, 1.54) is 0 Å². The number of amides is 1. The van der Waals surface area contributed by atoms with Gasteiger partial charge in [0.25, 0.3) is 0 Å². The van der Waals surface area contributed by atoms with Crippen LogP contribution in [0.15, 0.2) is 30.3 Å². The van der Waals surface area contributed by atoms with Crippen molar-refractivity contribution in [2.24, 2.45) is 11.8 Å². The number of hydrogen-bond acceptors (Lipinski definition) is 6. The monoisotopic (exact) mass is 502 g/mol. The smallest absolute Gasteiger partial charge is 0.227 e. The average Bonchev–Trinajstić information content (AvgIpc) is 3.08. The van der Waals surface area contributed by atoms with Gasteiger partial charge in [0.05, 0.1) is 29.8 Å². The Labute approximate surface area is 212 Å². The maximum absolute atomic E-state index is 13.6. The van der Waals surface area contributed by atoms with Crippen LogP contribution in [0.5, 0.6) is 23.0 Å². The van der Waals surface area contributed by atoms with Gasteiger partial charge in [-0.2, -0.15) is 0 Å². The van der Waals surface area contributed by atoms with Crippen molar-refractivity contribution in [3.05, 3.63) is 40.9 Å². The molecule has 2 aromatic carbocycles. The van der Waals surface area contributed by atoms with Crippen LogP contribution in [0.1, 0.15) is 32.8 Å². The molecule has 8 heteroatoms. The minimum Gasteiger partial charge on any atom is -0.489 e. The number of ether oxygens (including phenoxy) is 4. The summed E-state index contributed by atoms with van der Waals surface area (Å²) < 4.78 is 23.2. The number of carbonyl (C=O) groups is 1. The van der Waals surface area contributed by atoms with E-state index in [4.69, 9.17) is 30.5 Å². The number of hydrogen-bond donors (Lipinski definition) is 0. The lowest BCUT2D eigenvalue weighted by atomic mass is 10.1. The summed E-state index contributed by atoms with van der Waals surface area (Å²) in [6.07, 6.45) is 0.811. The van der Waals surface area contributed by atoms with Crippen LogP contribution < -0.4 is 23.8 Å². The molecular formula is C27H35ClN2O5. The third-order valence-electron chi connectivity index (χ3n) is 6.06. The summed E-state index contributed by atoms with van der Waals surface area (Å²) in [5.74, 6) is 2.90. The predicted octanol–water partition coefficient (Wildman–Crippen LogP) is 5.03. The van der Waals surface area contributed by atoms with E-state index < -0.39 is 0 Å². The molecule has 35 heavy (non-hydrogen) atoms. The third-order valence-corrected chi connectivity index (χ3v) is 6.34. The molecule has 190 valence electrons. The molecule has 0 spiro atoms. The van der Waals surface area contributed by atoms with Crippen LogP contribution in [0.4, 0.5) is 5.69 Å². The first-order chi connectivity index (χ1) is 16.8. The molecule has 0 saturated heterocycles. The van der Waals surface area contributed by atoms with Crippen LogP contribution in [0.2, 0.25) is 5.02 Å². The largest absolute Gasteiger partial charge is 0.489 e. The number of rotatable bonds is 8. The molecule has 0 fully saturated rings. The molecule has 2 aliphatic rings. The zero-order chi connectivity index (χ0) is 24.9. The Bertz CT molecular complexity index is 1040. The molecule has 2 heterocycles. The Morgan fingerprint density at radius 2 is 1.66 bits per heavy atom. The highest BCUT2D eigenvalue weighted by Gasteiger charge is 2.26. The summed E-state index contributed by atoms with van der Waals surface area (Å²) in [5, 5.41) is 0.514. The quantitative estimate of drug-likeness (QED) is 0.504. The Kier molecular flexibility index (Phi) is 8.16. The number of carbonyl (C=O) groups excluding carboxylic acids is 1. The molecule has 0 radical (unpaired) electrons. The molecule has 4 rings (SSSR count). The van der Waals surface area contributed by atoms with Gasteiger partial charge in [-0.05, 0) is 35.7 Å². The summed E-state index contributed by atoms with van der Waals surface area (Å²) >= 11 is 6.51. The fourth-order valence-electron chi connectivity index (χ4n) is 4.53. The van der Waals surface area contributed by atoms with Crippen molar-refractivity contribution < 1.29 is 23.7 Å². The van der Waals surface area contributed by atoms with Gasteiger partial charge in [-0.1, -0.05) is 38.4 Å². The van der Waals surface area contributed by atoms with Crippen molar-refractivity contribution in [3.8, 4) is 23.0 Å². The molecule has 7 nitrogen and oxygen atoms in total. The van der Waals surface area contributed by atoms with Crippen molar-refractivity contribution in [1.82, 2.24) is 4.90 Å². The minimum atomic E-state index is -0.227. The topological polar surface area (TPSA) is 60.5 Å². The molecule has 0 bridgehead atoms. The molecule has 2 aliphatic heterocycles. The van der Waals surface area contributed by atoms with Gasteiger partial charge in [0.1, 0.15) is 13.2 Å². The third kappa shape index (κ3) is 6.07. The number of halogens is 1. The molecule has 0 saturated carbocycles. The molecule has 2 aromatic rings. The van der Waals surface area contributed by atoms with Gasteiger partial charge in [-0.25, -0.2) is 0 Å². The molecule has 1 atom stereocenters. The van der Waals surface area contributed by atoms with E-state index in [0.717, 1.165) is 29.2 Å². The van der Waals surface area contributed by atoms with Crippen LogP contribution in [-0.4, -0.2) is 57.4 Å². The number of benzene rings is 2. The second kappa shape index (κ2) is 11.3. The molecule has 0 aliphatic carbocycles. The van der Waals surface area contributed by atoms with E-state index >= 15 is 0 Å². The van der Waals surface area contributed by atoms with Gasteiger partial charge < -0.3 is 28.7 Å². The van der Waals surface area contributed by atoms with Crippen molar-refractivity contribution in [1.29, 1.82) is 0 Å². The zero-order valence-electron chi connectivity index (χ0n) is 21.0. The van der Waals surface area contributed by atoms with Crippen molar-refractivity contribution in [2.75, 3.05) is 51.5 Å². The van der Waals surface area contributed by atoms with Crippen molar-refractivity contribution in [3.63, 3.8) is 0 Å². The Morgan fingerprint density at radius 1 is 0.943 bits per heavy atom. The minimum absolute atomic E-state index is 0.0933. The lowest BCUT2D eigenvalue weighted by Crippen LogP contribution is -2.41. The lowest BCUT2D eigenvalue weighted by molar-refractivity contribution is -0.135. The molecule has 1 unspecified atom stereocenters. The van der Waals surface area contributed by atoms with E-state index in [2.05, 4.69) is 18.7 Å². The molecule has 0 N–H and O–H groups in total. The highest BCUT2D eigenvalue weighted by atomic mass is 35.5. The summed E-state index contributed by atoms with van der Waals surface area (Å²) in [6.45, 7) is 10.1. The van der Waals surface area contributed by atoms with Crippen LogP contribution in [0.25, 0.3) is 0 Å². The zero-order valence-corrected chi connectivity index (χ0v) is 21.8. The Morgan fingerprint density at radius 3 is 2.46 bits per heavy atom. The van der Waals surface area contributed by atoms with Crippen LogP contribution >= 0.6 is 11.6 Å². The van der Waals surface area contributed by atoms with Crippen LogP contribution in [0.3, 0.4) is 0 Å². The predicted molar refractivity (Wildman–Crippen MR) is 137 cm³/mol.